The molecule has 0 spiro atoms. The van der Waals surface area contributed by atoms with Crippen molar-refractivity contribution in [2.75, 3.05) is 24.3 Å². The molecule has 0 unspecified atom stereocenters. The molecule has 0 saturated carbocycles. The summed E-state index contributed by atoms with van der Waals surface area (Å²) in [5.41, 5.74) is 1.14. The van der Waals surface area contributed by atoms with Crippen LogP contribution in [-0.2, 0) is 6.54 Å². The van der Waals surface area contributed by atoms with Crippen LogP contribution in [0, 0.1) is 0 Å². The van der Waals surface area contributed by atoms with Crippen molar-refractivity contribution in [1.29, 1.82) is 0 Å². The van der Waals surface area contributed by atoms with E-state index in [0.29, 0.717) is 18.4 Å². The number of anilines is 2. The van der Waals surface area contributed by atoms with Crippen molar-refractivity contribution in [1.82, 2.24) is 15.2 Å². The van der Waals surface area contributed by atoms with Gasteiger partial charge in [-0.15, -0.1) is 5.10 Å². The monoisotopic (exact) mass is 251 g/mol. The van der Waals surface area contributed by atoms with Crippen LogP contribution in [0.2, 0.25) is 5.02 Å². The fourth-order valence-electron chi connectivity index (χ4n) is 1.32. The van der Waals surface area contributed by atoms with Gasteiger partial charge in [0.15, 0.2) is 0 Å². The Morgan fingerprint density at radius 3 is 2.59 bits per heavy atom. The first-order chi connectivity index (χ1) is 8.15. The minimum atomic E-state index is 0.656. The molecular formula is C11H14ClN5. The maximum Gasteiger partial charge on any atom is 0.245 e. The summed E-state index contributed by atoms with van der Waals surface area (Å²) in [6.45, 7) is 0.680. The largest absolute Gasteiger partial charge is 0.350 e. The highest BCUT2D eigenvalue weighted by Gasteiger charge is 2.03. The van der Waals surface area contributed by atoms with Gasteiger partial charge in [0.2, 0.25) is 11.9 Å². The Kier molecular flexibility index (Phi) is 3.49. The zero-order valence-electron chi connectivity index (χ0n) is 9.74. The Morgan fingerprint density at radius 2 is 2.00 bits per heavy atom. The lowest BCUT2D eigenvalue weighted by Gasteiger charge is -2.04. The maximum absolute atomic E-state index is 5.81. The van der Waals surface area contributed by atoms with Crippen molar-refractivity contribution in [3.63, 3.8) is 0 Å². The quantitative estimate of drug-likeness (QED) is 0.874. The predicted octanol–water partition coefficient (Wildman–Crippen LogP) is 2.14. The molecule has 6 heteroatoms. The Morgan fingerprint density at radius 1 is 1.29 bits per heavy atom. The van der Waals surface area contributed by atoms with E-state index in [-0.39, 0.29) is 0 Å². The Balaban J connectivity index is 1.95. The van der Waals surface area contributed by atoms with E-state index in [1.807, 2.05) is 43.3 Å². The standard InChI is InChI=1S/C11H14ClN5/c1-17(2)11-14-10(15-16-11)13-7-8-3-5-9(12)6-4-8/h3-6H,7H2,1-2H3,(H2,13,14,15,16). The molecule has 0 atom stereocenters. The van der Waals surface area contributed by atoms with Crippen LogP contribution in [-0.4, -0.2) is 29.3 Å². The first-order valence-corrected chi connectivity index (χ1v) is 5.61. The average molecular weight is 252 g/mol. The number of hydrogen-bond acceptors (Lipinski definition) is 4. The van der Waals surface area contributed by atoms with Crippen molar-refractivity contribution in [2.45, 2.75) is 6.54 Å². The number of aromatic amines is 1. The minimum absolute atomic E-state index is 0.656. The average Bonchev–Trinajstić information content (AvgIpc) is 2.77. The zero-order chi connectivity index (χ0) is 12.3. The maximum atomic E-state index is 5.81. The number of benzene rings is 1. The second kappa shape index (κ2) is 5.05. The third kappa shape index (κ3) is 3.10. The topological polar surface area (TPSA) is 56.8 Å². The molecule has 2 N–H and O–H groups in total. The first kappa shape index (κ1) is 11.7. The second-order valence-electron chi connectivity index (χ2n) is 3.86. The van der Waals surface area contributed by atoms with Crippen LogP contribution in [0.1, 0.15) is 5.56 Å². The van der Waals surface area contributed by atoms with Crippen LogP contribution in [0.25, 0.3) is 0 Å². The van der Waals surface area contributed by atoms with Crippen LogP contribution in [0.15, 0.2) is 24.3 Å². The van der Waals surface area contributed by atoms with Gasteiger partial charge in [-0.3, -0.25) is 0 Å². The fraction of sp³-hybridized carbons (Fsp3) is 0.273. The van der Waals surface area contributed by atoms with E-state index in [9.17, 15) is 0 Å². The van der Waals surface area contributed by atoms with Crippen molar-refractivity contribution >= 4 is 23.5 Å². The van der Waals surface area contributed by atoms with Crippen molar-refractivity contribution in [3.05, 3.63) is 34.9 Å². The molecule has 1 heterocycles. The van der Waals surface area contributed by atoms with Crippen molar-refractivity contribution < 1.29 is 0 Å². The number of halogens is 1. The molecule has 2 rings (SSSR count). The van der Waals surface area contributed by atoms with Crippen LogP contribution in [0.3, 0.4) is 0 Å². The minimum Gasteiger partial charge on any atom is -0.350 e. The molecule has 1 aromatic heterocycles. The van der Waals surface area contributed by atoms with Gasteiger partial charge in [-0.2, -0.15) is 4.98 Å². The van der Waals surface area contributed by atoms with Crippen molar-refractivity contribution in [2.24, 2.45) is 0 Å². The van der Waals surface area contributed by atoms with Crippen LogP contribution >= 0.6 is 11.6 Å². The molecule has 5 nitrogen and oxygen atoms in total. The van der Waals surface area contributed by atoms with Gasteiger partial charge in [0.05, 0.1) is 0 Å². The molecule has 0 fully saturated rings. The van der Waals surface area contributed by atoms with E-state index in [0.717, 1.165) is 10.6 Å². The molecule has 1 aromatic carbocycles. The highest BCUT2D eigenvalue weighted by atomic mass is 35.5. The normalized spacial score (nSPS) is 10.3. The lowest BCUT2D eigenvalue weighted by molar-refractivity contribution is 0.996. The summed E-state index contributed by atoms with van der Waals surface area (Å²) in [6.07, 6.45) is 0. The number of nitrogens with zero attached hydrogens (tertiary/aromatic N) is 3. The first-order valence-electron chi connectivity index (χ1n) is 5.23. The molecule has 0 amide bonds. The third-order valence-electron chi connectivity index (χ3n) is 2.25. The summed E-state index contributed by atoms with van der Waals surface area (Å²) in [6, 6.07) is 7.67. The third-order valence-corrected chi connectivity index (χ3v) is 2.50. The van der Waals surface area contributed by atoms with Gasteiger partial charge in [-0.1, -0.05) is 23.7 Å². The molecule has 0 aliphatic heterocycles. The summed E-state index contributed by atoms with van der Waals surface area (Å²) in [5, 5.41) is 10.8. The van der Waals surface area contributed by atoms with Gasteiger partial charge in [-0.05, 0) is 17.7 Å². The molecule has 90 valence electrons. The highest BCUT2D eigenvalue weighted by Crippen LogP contribution is 2.11. The van der Waals surface area contributed by atoms with E-state index in [2.05, 4.69) is 20.5 Å². The lowest BCUT2D eigenvalue weighted by Crippen LogP contribution is -2.10. The molecule has 0 aliphatic rings. The summed E-state index contributed by atoms with van der Waals surface area (Å²) < 4.78 is 0. The molecule has 0 aliphatic carbocycles. The van der Waals surface area contributed by atoms with E-state index in [4.69, 9.17) is 11.6 Å². The Hall–Kier alpha value is -1.75. The van der Waals surface area contributed by atoms with Crippen LogP contribution in [0.4, 0.5) is 11.9 Å². The van der Waals surface area contributed by atoms with E-state index in [1.165, 1.54) is 0 Å². The predicted molar refractivity (Wildman–Crippen MR) is 69.5 cm³/mol. The summed E-state index contributed by atoms with van der Waals surface area (Å²) in [4.78, 5) is 6.10. The summed E-state index contributed by atoms with van der Waals surface area (Å²) in [7, 11) is 3.79. The summed E-state index contributed by atoms with van der Waals surface area (Å²) in [5.74, 6) is 1.31. The number of nitrogens with one attached hydrogen (secondary N) is 2. The zero-order valence-corrected chi connectivity index (χ0v) is 10.5. The van der Waals surface area contributed by atoms with E-state index in [1.54, 1.807) is 0 Å². The van der Waals surface area contributed by atoms with Gasteiger partial charge < -0.3 is 10.2 Å². The summed E-state index contributed by atoms with van der Waals surface area (Å²) >= 11 is 5.81. The molecule has 17 heavy (non-hydrogen) atoms. The van der Waals surface area contributed by atoms with Gasteiger partial charge in [0, 0.05) is 25.7 Å². The molecule has 0 saturated heterocycles. The lowest BCUT2D eigenvalue weighted by atomic mass is 10.2. The smallest absolute Gasteiger partial charge is 0.245 e. The van der Waals surface area contributed by atoms with E-state index >= 15 is 0 Å². The van der Waals surface area contributed by atoms with Gasteiger partial charge >= 0.3 is 0 Å². The van der Waals surface area contributed by atoms with Gasteiger partial charge in [0.25, 0.3) is 0 Å². The number of H-pyrrole nitrogens is 1. The van der Waals surface area contributed by atoms with Crippen LogP contribution in [0.5, 0.6) is 0 Å². The number of aromatic nitrogens is 3. The number of hydrogen-bond donors (Lipinski definition) is 2. The van der Waals surface area contributed by atoms with Crippen LogP contribution < -0.4 is 10.2 Å². The Labute approximate surface area is 105 Å². The highest BCUT2D eigenvalue weighted by molar-refractivity contribution is 6.30. The van der Waals surface area contributed by atoms with Gasteiger partial charge in [0.1, 0.15) is 0 Å². The molecular weight excluding hydrogens is 238 g/mol. The van der Waals surface area contributed by atoms with Gasteiger partial charge in [-0.25, -0.2) is 5.10 Å². The SMILES string of the molecule is CN(C)c1n[nH]c(NCc2ccc(Cl)cc2)n1. The Bertz CT molecular complexity index is 477. The molecule has 2 aromatic rings. The van der Waals surface area contributed by atoms with E-state index < -0.39 is 0 Å². The second-order valence-corrected chi connectivity index (χ2v) is 4.29. The number of rotatable bonds is 4. The molecule has 0 bridgehead atoms. The molecule has 0 radical (unpaired) electrons. The fourth-order valence-corrected chi connectivity index (χ4v) is 1.45. The van der Waals surface area contributed by atoms with Crippen molar-refractivity contribution in [3.8, 4) is 0 Å².